The molecule has 130 valence electrons. The van der Waals surface area contributed by atoms with Crippen molar-refractivity contribution >= 4 is 11.6 Å². The molecule has 0 aliphatic carbocycles. The number of anilines is 1. The molecule has 0 radical (unpaired) electrons. The summed E-state index contributed by atoms with van der Waals surface area (Å²) in [5.74, 6) is 1.32. The Balaban J connectivity index is 1.94. The van der Waals surface area contributed by atoms with Gasteiger partial charge in [-0.2, -0.15) is 5.10 Å². The lowest BCUT2D eigenvalue weighted by molar-refractivity contribution is -0.122. The topological polar surface area (TPSA) is 97.6 Å². The molecule has 1 aromatic heterocycles. The fourth-order valence-electron chi connectivity index (χ4n) is 2.16. The Morgan fingerprint density at radius 2 is 2.17 bits per heavy atom. The average Bonchev–Trinajstić information content (AvgIpc) is 3.05. The second-order valence-corrected chi connectivity index (χ2v) is 5.03. The zero-order valence-corrected chi connectivity index (χ0v) is 13.8. The Morgan fingerprint density at radius 1 is 1.33 bits per heavy atom. The van der Waals surface area contributed by atoms with Crippen LogP contribution in [0.15, 0.2) is 30.6 Å². The smallest absolute Gasteiger partial charge is 0.241 e. The monoisotopic (exact) mass is 334 g/mol. The largest absolute Gasteiger partial charge is 0.497 e. The number of ether oxygens (including phenoxy) is 2. The quantitative estimate of drug-likeness (QED) is 0.622. The molecule has 1 heterocycles. The van der Waals surface area contributed by atoms with Gasteiger partial charge in [-0.1, -0.05) is 0 Å². The molecule has 0 atom stereocenters. The predicted molar refractivity (Wildman–Crippen MR) is 89.2 cm³/mol. The summed E-state index contributed by atoms with van der Waals surface area (Å²) >= 11 is 0. The number of nitrogens with one attached hydrogen (secondary N) is 2. The van der Waals surface area contributed by atoms with Crippen LogP contribution < -0.4 is 20.1 Å². The molecular weight excluding hydrogens is 312 g/mol. The van der Waals surface area contributed by atoms with Crippen LogP contribution in [0.25, 0.3) is 0 Å². The summed E-state index contributed by atoms with van der Waals surface area (Å²) in [5, 5.41) is 18.6. The van der Waals surface area contributed by atoms with Gasteiger partial charge in [0.25, 0.3) is 0 Å². The minimum absolute atomic E-state index is 0.0833. The first-order valence-electron chi connectivity index (χ1n) is 7.51. The number of aromatic nitrogens is 2. The highest BCUT2D eigenvalue weighted by Gasteiger charge is 2.07. The van der Waals surface area contributed by atoms with Gasteiger partial charge >= 0.3 is 0 Å². The Bertz CT molecular complexity index is 672. The second-order valence-electron chi connectivity index (χ2n) is 5.03. The molecule has 0 aliphatic heterocycles. The summed E-state index contributed by atoms with van der Waals surface area (Å²) in [7, 11) is 3.24. The molecule has 0 fully saturated rings. The van der Waals surface area contributed by atoms with E-state index in [2.05, 4.69) is 15.7 Å². The number of carbonyl (C=O) groups excluding carboxylic acids is 1. The molecule has 2 aromatic rings. The Labute approximate surface area is 140 Å². The average molecular weight is 334 g/mol. The van der Waals surface area contributed by atoms with Crippen LogP contribution in [0.4, 0.5) is 5.69 Å². The third-order valence-electron chi connectivity index (χ3n) is 3.34. The molecule has 24 heavy (non-hydrogen) atoms. The number of carbonyl (C=O) groups is 1. The first-order valence-corrected chi connectivity index (χ1v) is 7.51. The van der Waals surface area contributed by atoms with E-state index >= 15 is 0 Å². The first-order chi connectivity index (χ1) is 11.7. The number of amides is 1. The van der Waals surface area contributed by atoms with Crippen molar-refractivity contribution in [1.82, 2.24) is 15.1 Å². The summed E-state index contributed by atoms with van der Waals surface area (Å²) < 4.78 is 12.1. The molecule has 1 amide bonds. The van der Waals surface area contributed by atoms with Gasteiger partial charge in [0.1, 0.15) is 18.0 Å². The summed E-state index contributed by atoms with van der Waals surface area (Å²) in [6.45, 7) is 0.786. The second kappa shape index (κ2) is 8.78. The first kappa shape index (κ1) is 17.6. The number of benzene rings is 1. The lowest BCUT2D eigenvalue weighted by Gasteiger charge is -2.11. The predicted octanol–water partition coefficient (Wildman–Crippen LogP) is 0.621. The highest BCUT2D eigenvalue weighted by molar-refractivity contribution is 5.75. The van der Waals surface area contributed by atoms with Gasteiger partial charge in [0.15, 0.2) is 0 Å². The SMILES string of the molecule is COc1ccc(OC)c(CNc2cnn(CC(=O)NCCO)c2)c1. The Kier molecular flexibility index (Phi) is 6.44. The minimum atomic E-state index is -0.201. The number of nitrogens with zero attached hydrogens (tertiary/aromatic N) is 2. The molecule has 0 saturated carbocycles. The van der Waals surface area contributed by atoms with E-state index in [1.165, 1.54) is 4.68 Å². The fraction of sp³-hybridized carbons (Fsp3) is 0.375. The molecule has 1 aromatic carbocycles. The van der Waals surface area contributed by atoms with Crippen LogP contribution in [0, 0.1) is 0 Å². The molecule has 0 spiro atoms. The highest BCUT2D eigenvalue weighted by atomic mass is 16.5. The molecule has 8 heteroatoms. The molecule has 0 bridgehead atoms. The fourth-order valence-corrected chi connectivity index (χ4v) is 2.16. The van der Waals surface area contributed by atoms with Gasteiger partial charge in [0.2, 0.25) is 5.91 Å². The summed E-state index contributed by atoms with van der Waals surface area (Å²) in [6.07, 6.45) is 3.39. The van der Waals surface area contributed by atoms with Crippen LogP contribution in [0.2, 0.25) is 0 Å². The number of aliphatic hydroxyl groups is 1. The molecule has 2 rings (SSSR count). The molecule has 8 nitrogen and oxygen atoms in total. The van der Waals surface area contributed by atoms with E-state index in [0.717, 1.165) is 22.7 Å². The van der Waals surface area contributed by atoms with Crippen molar-refractivity contribution in [2.24, 2.45) is 0 Å². The van der Waals surface area contributed by atoms with Crippen LogP contribution in [0.5, 0.6) is 11.5 Å². The van der Waals surface area contributed by atoms with Gasteiger partial charge in [-0.05, 0) is 18.2 Å². The van der Waals surface area contributed by atoms with Gasteiger partial charge in [-0.3, -0.25) is 9.48 Å². The van der Waals surface area contributed by atoms with E-state index < -0.39 is 0 Å². The van der Waals surface area contributed by atoms with Crippen LogP contribution >= 0.6 is 0 Å². The van der Waals surface area contributed by atoms with Crippen molar-refractivity contribution in [3.05, 3.63) is 36.2 Å². The summed E-state index contributed by atoms with van der Waals surface area (Å²) in [6, 6.07) is 5.59. The maximum Gasteiger partial charge on any atom is 0.241 e. The van der Waals surface area contributed by atoms with Crippen molar-refractivity contribution < 1.29 is 19.4 Å². The maximum atomic E-state index is 11.6. The molecular formula is C16H22N4O4. The van der Waals surface area contributed by atoms with Crippen LogP contribution in [-0.2, 0) is 17.9 Å². The van der Waals surface area contributed by atoms with Gasteiger partial charge in [0.05, 0.1) is 32.7 Å². The summed E-state index contributed by atoms with van der Waals surface area (Å²) in [4.78, 5) is 11.6. The van der Waals surface area contributed by atoms with E-state index in [-0.39, 0.29) is 25.6 Å². The van der Waals surface area contributed by atoms with E-state index in [0.29, 0.717) is 6.54 Å². The molecule has 0 aliphatic rings. The van der Waals surface area contributed by atoms with Crippen LogP contribution in [-0.4, -0.2) is 48.2 Å². The third-order valence-corrected chi connectivity index (χ3v) is 3.34. The number of hydrogen-bond acceptors (Lipinski definition) is 6. The van der Waals surface area contributed by atoms with Crippen molar-refractivity contribution in [3.63, 3.8) is 0 Å². The molecule has 0 unspecified atom stereocenters. The van der Waals surface area contributed by atoms with Gasteiger partial charge in [0, 0.05) is 24.8 Å². The van der Waals surface area contributed by atoms with Crippen LogP contribution in [0.3, 0.4) is 0 Å². The number of hydrogen-bond donors (Lipinski definition) is 3. The lowest BCUT2D eigenvalue weighted by Crippen LogP contribution is -2.30. The number of aliphatic hydroxyl groups excluding tert-OH is 1. The van der Waals surface area contributed by atoms with Gasteiger partial charge < -0.3 is 25.2 Å². The van der Waals surface area contributed by atoms with Crippen molar-refractivity contribution in [3.8, 4) is 11.5 Å². The van der Waals surface area contributed by atoms with E-state index in [1.807, 2.05) is 18.2 Å². The van der Waals surface area contributed by atoms with E-state index in [1.54, 1.807) is 26.6 Å². The Morgan fingerprint density at radius 3 is 2.88 bits per heavy atom. The molecule has 3 N–H and O–H groups in total. The van der Waals surface area contributed by atoms with Gasteiger partial charge in [-0.25, -0.2) is 0 Å². The van der Waals surface area contributed by atoms with Crippen molar-refractivity contribution in [2.75, 3.05) is 32.7 Å². The highest BCUT2D eigenvalue weighted by Crippen LogP contribution is 2.24. The number of methoxy groups -OCH3 is 2. The van der Waals surface area contributed by atoms with Gasteiger partial charge in [-0.15, -0.1) is 0 Å². The summed E-state index contributed by atoms with van der Waals surface area (Å²) in [5.41, 5.74) is 1.74. The molecule has 0 saturated heterocycles. The Hall–Kier alpha value is -2.74. The standard InChI is InChI=1S/C16H22N4O4/c1-23-14-3-4-15(24-2)12(7-14)8-18-13-9-19-20(10-13)11-16(22)17-5-6-21/h3-4,7,9-10,18,21H,5-6,8,11H2,1-2H3,(H,17,22). The minimum Gasteiger partial charge on any atom is -0.497 e. The maximum absolute atomic E-state index is 11.6. The van der Waals surface area contributed by atoms with Crippen molar-refractivity contribution in [1.29, 1.82) is 0 Å². The van der Waals surface area contributed by atoms with E-state index in [9.17, 15) is 4.79 Å². The van der Waals surface area contributed by atoms with Crippen molar-refractivity contribution in [2.45, 2.75) is 13.1 Å². The normalized spacial score (nSPS) is 10.3. The number of rotatable bonds is 9. The zero-order valence-electron chi connectivity index (χ0n) is 13.8. The zero-order chi connectivity index (χ0) is 17.4. The third kappa shape index (κ3) is 4.88. The van der Waals surface area contributed by atoms with Crippen LogP contribution in [0.1, 0.15) is 5.56 Å². The van der Waals surface area contributed by atoms with E-state index in [4.69, 9.17) is 14.6 Å². The lowest BCUT2D eigenvalue weighted by atomic mass is 10.2.